The molecule has 1 heterocycles. The summed E-state index contributed by atoms with van der Waals surface area (Å²) in [6, 6.07) is 0. The Kier molecular flexibility index (Phi) is 5.36. The number of carbonyl (C=O) groups is 1. The molecule has 0 spiro atoms. The Hall–Kier alpha value is -0.870. The summed E-state index contributed by atoms with van der Waals surface area (Å²) in [7, 11) is 0. The predicted octanol–water partition coefficient (Wildman–Crippen LogP) is 0.826. The Bertz CT molecular complexity index is 218. The van der Waals surface area contributed by atoms with Crippen molar-refractivity contribution in [3.63, 3.8) is 0 Å². The van der Waals surface area contributed by atoms with Gasteiger partial charge in [0, 0.05) is 13.1 Å². The fraction of sp³-hybridized carbons (Fsp3) is 0.727. The van der Waals surface area contributed by atoms with Crippen LogP contribution >= 0.6 is 0 Å². The van der Waals surface area contributed by atoms with Crippen LogP contribution in [-0.2, 0) is 14.3 Å². The van der Waals surface area contributed by atoms with Gasteiger partial charge in [-0.1, -0.05) is 13.0 Å². The Morgan fingerprint density at radius 1 is 1.73 bits per heavy atom. The van der Waals surface area contributed by atoms with Crippen LogP contribution in [0.5, 0.6) is 0 Å². The summed E-state index contributed by atoms with van der Waals surface area (Å²) in [5.74, 6) is 0.0804. The molecule has 1 saturated heterocycles. The molecule has 1 unspecified atom stereocenters. The number of ether oxygens (including phenoxy) is 2. The molecule has 1 aliphatic rings. The molecule has 0 aromatic carbocycles. The van der Waals surface area contributed by atoms with Crippen molar-refractivity contribution in [1.29, 1.82) is 0 Å². The van der Waals surface area contributed by atoms with Crippen molar-refractivity contribution in [2.75, 3.05) is 32.9 Å². The molecule has 86 valence electrons. The van der Waals surface area contributed by atoms with E-state index in [9.17, 15) is 4.79 Å². The quantitative estimate of drug-likeness (QED) is 0.484. The van der Waals surface area contributed by atoms with Crippen LogP contribution in [0.3, 0.4) is 0 Å². The zero-order chi connectivity index (χ0) is 11.1. The molecule has 0 radical (unpaired) electrons. The zero-order valence-corrected chi connectivity index (χ0v) is 9.28. The van der Waals surface area contributed by atoms with Crippen molar-refractivity contribution in [3.8, 4) is 0 Å². The van der Waals surface area contributed by atoms with Crippen LogP contribution < -0.4 is 0 Å². The molecule has 0 aliphatic carbocycles. The molecule has 4 heteroatoms. The fourth-order valence-electron chi connectivity index (χ4n) is 1.55. The smallest absolute Gasteiger partial charge is 0.248 e. The van der Waals surface area contributed by atoms with E-state index in [1.807, 2.05) is 4.90 Å². The highest BCUT2D eigenvalue weighted by Gasteiger charge is 2.25. The first-order chi connectivity index (χ1) is 7.27. The van der Waals surface area contributed by atoms with Gasteiger partial charge in [-0.25, -0.2) is 0 Å². The van der Waals surface area contributed by atoms with E-state index in [1.165, 1.54) is 0 Å². The normalized spacial score (nSPS) is 21.8. The second kappa shape index (κ2) is 6.58. The van der Waals surface area contributed by atoms with Crippen LogP contribution in [0.2, 0.25) is 0 Å². The fourth-order valence-corrected chi connectivity index (χ4v) is 1.55. The second-order valence-corrected chi connectivity index (χ2v) is 3.60. The highest BCUT2D eigenvalue weighted by molar-refractivity contribution is 5.78. The number of hydrogen-bond donors (Lipinski definition) is 0. The summed E-state index contributed by atoms with van der Waals surface area (Å²) in [5, 5.41) is 0. The molecule has 0 aromatic heterocycles. The third-order valence-electron chi connectivity index (χ3n) is 2.25. The lowest BCUT2D eigenvalue weighted by atomic mass is 10.2. The number of nitrogens with zero attached hydrogens (tertiary/aromatic N) is 1. The topological polar surface area (TPSA) is 38.8 Å². The van der Waals surface area contributed by atoms with Crippen molar-refractivity contribution in [1.82, 2.24) is 4.90 Å². The first kappa shape index (κ1) is 12.2. The van der Waals surface area contributed by atoms with Gasteiger partial charge in [0.05, 0.1) is 19.3 Å². The van der Waals surface area contributed by atoms with E-state index < -0.39 is 0 Å². The summed E-state index contributed by atoms with van der Waals surface area (Å²) in [6.45, 7) is 8.32. The van der Waals surface area contributed by atoms with Gasteiger partial charge in [0.1, 0.15) is 6.61 Å². The molecule has 15 heavy (non-hydrogen) atoms. The number of hydrogen-bond acceptors (Lipinski definition) is 3. The molecular weight excluding hydrogens is 194 g/mol. The summed E-state index contributed by atoms with van der Waals surface area (Å²) >= 11 is 0. The lowest BCUT2D eigenvalue weighted by molar-refractivity contribution is -0.152. The van der Waals surface area contributed by atoms with Crippen LogP contribution in [0.1, 0.15) is 13.3 Å². The summed E-state index contributed by atoms with van der Waals surface area (Å²) in [4.78, 5) is 13.2. The summed E-state index contributed by atoms with van der Waals surface area (Å²) < 4.78 is 10.7. The van der Waals surface area contributed by atoms with Gasteiger partial charge in [-0.15, -0.1) is 6.58 Å². The minimum Gasteiger partial charge on any atom is -0.375 e. The maximum absolute atomic E-state index is 11.4. The maximum Gasteiger partial charge on any atom is 0.248 e. The van der Waals surface area contributed by atoms with Gasteiger partial charge in [0.2, 0.25) is 5.91 Å². The zero-order valence-electron chi connectivity index (χ0n) is 9.28. The van der Waals surface area contributed by atoms with Gasteiger partial charge >= 0.3 is 0 Å². The highest BCUT2D eigenvalue weighted by Crippen LogP contribution is 2.07. The Labute approximate surface area is 90.8 Å². The van der Waals surface area contributed by atoms with Crippen molar-refractivity contribution in [3.05, 3.63) is 12.7 Å². The van der Waals surface area contributed by atoms with Crippen molar-refractivity contribution >= 4 is 5.91 Å². The van der Waals surface area contributed by atoms with E-state index in [-0.39, 0.29) is 18.6 Å². The molecule has 0 N–H and O–H groups in total. The number of rotatable bonds is 6. The van der Waals surface area contributed by atoms with Crippen LogP contribution in [0.25, 0.3) is 0 Å². The standard InChI is InChI=1S/C11H19NO3/c1-3-5-12-7-10(8-14-6-4-2)15-9-11(12)13/h4,10H,2-3,5-9H2,1H3. The first-order valence-electron chi connectivity index (χ1n) is 5.36. The van der Waals surface area contributed by atoms with Crippen LogP contribution in [0, 0.1) is 0 Å². The van der Waals surface area contributed by atoms with E-state index in [0.29, 0.717) is 19.8 Å². The molecule has 1 atom stereocenters. The molecule has 4 nitrogen and oxygen atoms in total. The van der Waals surface area contributed by atoms with Crippen LogP contribution in [-0.4, -0.2) is 49.8 Å². The lowest BCUT2D eigenvalue weighted by Crippen LogP contribution is -2.48. The van der Waals surface area contributed by atoms with E-state index in [0.717, 1.165) is 13.0 Å². The van der Waals surface area contributed by atoms with E-state index in [1.54, 1.807) is 6.08 Å². The predicted molar refractivity (Wildman–Crippen MR) is 57.6 cm³/mol. The molecule has 0 aromatic rings. The van der Waals surface area contributed by atoms with Gasteiger partial charge in [-0.05, 0) is 6.42 Å². The maximum atomic E-state index is 11.4. The first-order valence-corrected chi connectivity index (χ1v) is 5.36. The van der Waals surface area contributed by atoms with Crippen molar-refractivity contribution in [2.45, 2.75) is 19.4 Å². The SMILES string of the molecule is C=CCOCC1CN(CCC)C(=O)CO1. The largest absolute Gasteiger partial charge is 0.375 e. The van der Waals surface area contributed by atoms with Gasteiger partial charge < -0.3 is 14.4 Å². The minimum atomic E-state index is 0.00852. The highest BCUT2D eigenvalue weighted by atomic mass is 16.5. The average molecular weight is 213 g/mol. The molecule has 0 bridgehead atoms. The van der Waals surface area contributed by atoms with E-state index >= 15 is 0 Å². The van der Waals surface area contributed by atoms with Crippen molar-refractivity contribution < 1.29 is 14.3 Å². The molecule has 0 saturated carbocycles. The molecule has 1 rings (SSSR count). The molecule has 1 aliphatic heterocycles. The Balaban J connectivity index is 2.29. The minimum absolute atomic E-state index is 0.00852. The van der Waals surface area contributed by atoms with Gasteiger partial charge in [0.15, 0.2) is 0 Å². The number of carbonyl (C=O) groups excluding carboxylic acids is 1. The monoisotopic (exact) mass is 213 g/mol. The van der Waals surface area contributed by atoms with Gasteiger partial charge in [0.25, 0.3) is 0 Å². The van der Waals surface area contributed by atoms with E-state index in [4.69, 9.17) is 9.47 Å². The summed E-state index contributed by atoms with van der Waals surface area (Å²) in [6.07, 6.45) is 2.69. The Morgan fingerprint density at radius 2 is 2.53 bits per heavy atom. The average Bonchev–Trinajstić information content (AvgIpc) is 2.23. The van der Waals surface area contributed by atoms with Crippen LogP contribution in [0.15, 0.2) is 12.7 Å². The Morgan fingerprint density at radius 3 is 3.20 bits per heavy atom. The lowest BCUT2D eigenvalue weighted by Gasteiger charge is -2.32. The van der Waals surface area contributed by atoms with E-state index in [2.05, 4.69) is 13.5 Å². The van der Waals surface area contributed by atoms with Crippen LogP contribution in [0.4, 0.5) is 0 Å². The third kappa shape index (κ3) is 4.01. The van der Waals surface area contributed by atoms with Gasteiger partial charge in [-0.3, -0.25) is 4.79 Å². The molecule has 1 fully saturated rings. The van der Waals surface area contributed by atoms with Crippen molar-refractivity contribution in [2.24, 2.45) is 0 Å². The number of morpholine rings is 1. The van der Waals surface area contributed by atoms with Gasteiger partial charge in [-0.2, -0.15) is 0 Å². The number of amides is 1. The third-order valence-corrected chi connectivity index (χ3v) is 2.25. The summed E-state index contributed by atoms with van der Waals surface area (Å²) in [5.41, 5.74) is 0. The molecule has 1 amide bonds. The molecular formula is C11H19NO3. The second-order valence-electron chi connectivity index (χ2n) is 3.60.